The highest BCUT2D eigenvalue weighted by atomic mass is 16.5. The lowest BCUT2D eigenvalue weighted by Crippen LogP contribution is -2.51. The largest absolute Gasteiger partial charge is 0.444 e. The zero-order valence-corrected chi connectivity index (χ0v) is 17.1. The van der Waals surface area contributed by atoms with Crippen LogP contribution in [0.5, 0.6) is 0 Å². The van der Waals surface area contributed by atoms with E-state index in [4.69, 9.17) is 9.15 Å². The molecule has 1 saturated heterocycles. The molecule has 1 aromatic heterocycles. The van der Waals surface area contributed by atoms with Gasteiger partial charge in [0.2, 0.25) is 5.89 Å². The van der Waals surface area contributed by atoms with Crippen LogP contribution in [0.2, 0.25) is 0 Å². The molecule has 1 aromatic rings. The van der Waals surface area contributed by atoms with E-state index in [1.807, 2.05) is 20.9 Å². The van der Waals surface area contributed by atoms with E-state index < -0.39 is 0 Å². The quantitative estimate of drug-likeness (QED) is 0.585. The second kappa shape index (κ2) is 9.55. The molecule has 1 aliphatic carbocycles. The number of hydrogen-bond acceptors (Lipinski definition) is 5. The summed E-state index contributed by atoms with van der Waals surface area (Å²) in [5.41, 5.74) is 1.27. The van der Waals surface area contributed by atoms with Gasteiger partial charge in [-0.05, 0) is 26.7 Å². The molecule has 1 aliphatic heterocycles. The fraction of sp³-hybridized carbons (Fsp3) is 0.800. The highest BCUT2D eigenvalue weighted by Gasteiger charge is 2.34. The Balaban J connectivity index is 1.54. The first-order chi connectivity index (χ1) is 13.1. The maximum atomic E-state index is 5.65. The molecule has 0 aromatic carbocycles. The summed E-state index contributed by atoms with van der Waals surface area (Å²) < 4.78 is 11.2. The van der Waals surface area contributed by atoms with Crippen LogP contribution < -0.4 is 10.6 Å². The van der Waals surface area contributed by atoms with Crippen LogP contribution in [0.25, 0.3) is 0 Å². The maximum absolute atomic E-state index is 5.65. The van der Waals surface area contributed by atoms with Gasteiger partial charge in [0.05, 0.1) is 25.5 Å². The molecule has 2 heterocycles. The first kappa shape index (κ1) is 20.1. The molecule has 152 valence electrons. The first-order valence-electron chi connectivity index (χ1n) is 10.3. The third kappa shape index (κ3) is 5.69. The number of nitrogens with one attached hydrogen (secondary N) is 2. The van der Waals surface area contributed by atoms with Crippen LogP contribution in [0.1, 0.15) is 49.4 Å². The molecule has 3 rings (SSSR count). The molecule has 0 bridgehead atoms. The molecule has 0 atom stereocenters. The van der Waals surface area contributed by atoms with E-state index >= 15 is 0 Å². The molecule has 0 amide bonds. The Morgan fingerprint density at radius 2 is 1.89 bits per heavy atom. The van der Waals surface area contributed by atoms with Crippen molar-refractivity contribution in [1.82, 2.24) is 20.5 Å². The second-order valence-corrected chi connectivity index (χ2v) is 7.98. The molecular weight excluding hydrogens is 342 g/mol. The summed E-state index contributed by atoms with van der Waals surface area (Å²) in [6, 6.07) is 0. The molecule has 2 N–H and O–H groups in total. The maximum Gasteiger partial charge on any atom is 0.214 e. The van der Waals surface area contributed by atoms with Gasteiger partial charge >= 0.3 is 0 Å². The van der Waals surface area contributed by atoms with Crippen molar-refractivity contribution in [2.45, 2.75) is 52.5 Å². The Kier molecular flexibility index (Phi) is 7.13. The van der Waals surface area contributed by atoms with Gasteiger partial charge in [0.1, 0.15) is 5.76 Å². The number of aliphatic imine (C=N–C) groups is 1. The number of aryl methyl sites for hydroxylation is 2. The minimum atomic E-state index is 0.323. The average molecular weight is 378 g/mol. The monoisotopic (exact) mass is 377 g/mol. The van der Waals surface area contributed by atoms with Crippen molar-refractivity contribution in [1.29, 1.82) is 0 Å². The molecule has 2 aliphatic rings. The first-order valence-corrected chi connectivity index (χ1v) is 10.3. The van der Waals surface area contributed by atoms with Crippen LogP contribution in [0.4, 0.5) is 0 Å². The summed E-state index contributed by atoms with van der Waals surface area (Å²) in [4.78, 5) is 11.4. The number of ether oxygens (including phenoxy) is 1. The van der Waals surface area contributed by atoms with Crippen LogP contribution in [0.3, 0.4) is 0 Å². The van der Waals surface area contributed by atoms with Gasteiger partial charge < -0.3 is 19.8 Å². The van der Waals surface area contributed by atoms with Crippen molar-refractivity contribution in [3.05, 3.63) is 17.3 Å². The highest BCUT2D eigenvalue weighted by molar-refractivity contribution is 5.79. The number of rotatable bonds is 6. The molecule has 7 heteroatoms. The van der Waals surface area contributed by atoms with E-state index in [1.165, 1.54) is 32.1 Å². The van der Waals surface area contributed by atoms with E-state index in [-0.39, 0.29) is 0 Å². The molecule has 2 fully saturated rings. The van der Waals surface area contributed by atoms with Crippen LogP contribution in [-0.4, -0.2) is 62.3 Å². The second-order valence-electron chi connectivity index (χ2n) is 7.98. The lowest BCUT2D eigenvalue weighted by atomic mass is 9.73. The van der Waals surface area contributed by atoms with E-state index in [9.17, 15) is 0 Å². The molecule has 1 saturated carbocycles. The van der Waals surface area contributed by atoms with Crippen molar-refractivity contribution >= 4 is 5.96 Å². The molecule has 0 unspecified atom stereocenters. The van der Waals surface area contributed by atoms with Gasteiger partial charge in [-0.15, -0.1) is 0 Å². The normalized spacial score (nSPS) is 21.2. The van der Waals surface area contributed by atoms with Crippen molar-refractivity contribution in [2.75, 3.05) is 46.4 Å². The van der Waals surface area contributed by atoms with Gasteiger partial charge in [-0.3, -0.25) is 9.89 Å². The van der Waals surface area contributed by atoms with Gasteiger partial charge in [-0.25, -0.2) is 4.98 Å². The van der Waals surface area contributed by atoms with Crippen molar-refractivity contribution < 1.29 is 9.15 Å². The Hall–Kier alpha value is -1.60. The standard InChI is InChI=1S/C20H35N5O2/c1-16-17(2)27-18(24-16)13-22-19(21-3)23-14-20(7-5-4-6-8-20)15-25-9-11-26-12-10-25/h4-15H2,1-3H3,(H2,21,22,23). The van der Waals surface area contributed by atoms with Crippen molar-refractivity contribution in [3.8, 4) is 0 Å². The number of morpholine rings is 1. The smallest absolute Gasteiger partial charge is 0.214 e. The Bertz CT molecular complexity index is 596. The predicted molar refractivity (Wildman–Crippen MR) is 107 cm³/mol. The SMILES string of the molecule is CN=C(NCc1nc(C)c(C)o1)NCC1(CN2CCOCC2)CCCCC1. The number of aromatic nitrogens is 1. The number of guanidine groups is 1. The molecule has 0 spiro atoms. The summed E-state index contributed by atoms with van der Waals surface area (Å²) in [6.07, 6.45) is 6.58. The van der Waals surface area contributed by atoms with Crippen molar-refractivity contribution in [3.63, 3.8) is 0 Å². The van der Waals surface area contributed by atoms with Gasteiger partial charge in [0.15, 0.2) is 5.96 Å². The lowest BCUT2D eigenvalue weighted by Gasteiger charge is -2.42. The molecule has 27 heavy (non-hydrogen) atoms. The van der Waals surface area contributed by atoms with Crippen molar-refractivity contribution in [2.24, 2.45) is 10.4 Å². The zero-order valence-electron chi connectivity index (χ0n) is 17.1. The summed E-state index contributed by atoms with van der Waals surface area (Å²) in [5, 5.41) is 6.91. The predicted octanol–water partition coefficient (Wildman–Crippen LogP) is 2.24. The molecule has 0 radical (unpaired) electrons. The minimum Gasteiger partial charge on any atom is -0.444 e. The third-order valence-corrected chi connectivity index (χ3v) is 5.91. The number of nitrogens with zero attached hydrogens (tertiary/aromatic N) is 3. The topological polar surface area (TPSA) is 74.9 Å². The van der Waals surface area contributed by atoms with Crippen LogP contribution in [0, 0.1) is 19.3 Å². The fourth-order valence-electron chi connectivity index (χ4n) is 4.19. The average Bonchev–Trinajstić information content (AvgIpc) is 3.01. The van der Waals surface area contributed by atoms with Crippen LogP contribution in [-0.2, 0) is 11.3 Å². The Morgan fingerprint density at radius 3 is 2.52 bits per heavy atom. The van der Waals surface area contributed by atoms with E-state index in [1.54, 1.807) is 0 Å². The molecular formula is C20H35N5O2. The summed E-state index contributed by atoms with van der Waals surface area (Å²) >= 11 is 0. The Labute approximate surface area is 163 Å². The summed E-state index contributed by atoms with van der Waals surface area (Å²) in [7, 11) is 1.82. The molecule has 7 nitrogen and oxygen atoms in total. The van der Waals surface area contributed by atoms with E-state index in [0.29, 0.717) is 17.9 Å². The third-order valence-electron chi connectivity index (χ3n) is 5.91. The van der Waals surface area contributed by atoms with Gasteiger partial charge in [-0.2, -0.15) is 0 Å². The highest BCUT2D eigenvalue weighted by Crippen LogP contribution is 2.36. The minimum absolute atomic E-state index is 0.323. The van der Waals surface area contributed by atoms with Gasteiger partial charge in [-0.1, -0.05) is 19.3 Å². The van der Waals surface area contributed by atoms with Crippen LogP contribution >= 0.6 is 0 Å². The number of hydrogen-bond donors (Lipinski definition) is 2. The number of oxazole rings is 1. The van der Waals surface area contributed by atoms with E-state index in [0.717, 1.165) is 56.8 Å². The summed E-state index contributed by atoms with van der Waals surface area (Å²) in [6.45, 7) is 10.4. The summed E-state index contributed by atoms with van der Waals surface area (Å²) in [5.74, 6) is 2.39. The van der Waals surface area contributed by atoms with Gasteiger partial charge in [0.25, 0.3) is 0 Å². The van der Waals surface area contributed by atoms with E-state index in [2.05, 4.69) is 25.5 Å². The fourth-order valence-corrected chi connectivity index (χ4v) is 4.19. The Morgan fingerprint density at radius 1 is 1.15 bits per heavy atom. The van der Waals surface area contributed by atoms with Gasteiger partial charge in [0, 0.05) is 38.6 Å². The van der Waals surface area contributed by atoms with Crippen LogP contribution in [0.15, 0.2) is 9.41 Å². The lowest BCUT2D eigenvalue weighted by molar-refractivity contribution is 0.00820. The zero-order chi connectivity index (χ0) is 19.1.